The number of unbranched alkanes of at least 4 members (excludes halogenated alkanes) is 1. The molecule has 1 saturated heterocycles. The number of hydrogen-bond acceptors (Lipinski definition) is 2. The molecule has 1 aliphatic heterocycles. The van der Waals surface area contributed by atoms with Gasteiger partial charge in [0, 0.05) is 13.1 Å². The van der Waals surface area contributed by atoms with Crippen LogP contribution in [0.3, 0.4) is 0 Å². The molecule has 0 spiro atoms. The summed E-state index contributed by atoms with van der Waals surface area (Å²) in [6.45, 7) is 12.3. The lowest BCUT2D eigenvalue weighted by Gasteiger charge is -2.31. The van der Waals surface area contributed by atoms with Gasteiger partial charge in [0.05, 0.1) is 0 Å². The molecule has 0 radical (unpaired) electrons. The van der Waals surface area contributed by atoms with Crippen molar-refractivity contribution >= 4 is 5.96 Å². The second kappa shape index (κ2) is 10.0. The van der Waals surface area contributed by atoms with Crippen molar-refractivity contribution in [1.82, 2.24) is 10.2 Å². The Bertz CT molecular complexity index is 268. The van der Waals surface area contributed by atoms with Gasteiger partial charge in [-0.25, -0.2) is 0 Å². The van der Waals surface area contributed by atoms with Crippen LogP contribution in [-0.2, 0) is 0 Å². The molecule has 0 saturated carbocycles. The minimum Gasteiger partial charge on any atom is -0.370 e. The van der Waals surface area contributed by atoms with Crippen LogP contribution in [-0.4, -0.2) is 43.6 Å². The maximum Gasteiger partial charge on any atom is 0.188 e. The zero-order valence-corrected chi connectivity index (χ0v) is 13.7. The Morgan fingerprint density at radius 1 is 1.35 bits per heavy atom. The van der Waals surface area contributed by atoms with Crippen molar-refractivity contribution in [3.63, 3.8) is 0 Å². The first-order chi connectivity index (χ1) is 9.61. The van der Waals surface area contributed by atoms with Crippen LogP contribution in [0.4, 0.5) is 0 Å². The summed E-state index contributed by atoms with van der Waals surface area (Å²) in [7, 11) is 0. The fraction of sp³-hybridized carbons (Fsp3) is 0.938. The molecule has 1 fully saturated rings. The zero-order chi connectivity index (χ0) is 14.8. The maximum atomic E-state index is 5.87. The Morgan fingerprint density at radius 2 is 2.05 bits per heavy atom. The molecule has 0 amide bonds. The van der Waals surface area contributed by atoms with Gasteiger partial charge in [-0.1, -0.05) is 27.2 Å². The summed E-state index contributed by atoms with van der Waals surface area (Å²) in [4.78, 5) is 7.08. The first-order valence-corrected chi connectivity index (χ1v) is 8.38. The highest BCUT2D eigenvalue weighted by Crippen LogP contribution is 2.18. The molecule has 4 heteroatoms. The Kier molecular flexibility index (Phi) is 8.67. The summed E-state index contributed by atoms with van der Waals surface area (Å²) in [6.07, 6.45) is 6.20. The molecule has 0 bridgehead atoms. The number of aliphatic imine (C=N–C) groups is 1. The lowest BCUT2D eigenvalue weighted by molar-refractivity contribution is 0.180. The molecule has 20 heavy (non-hydrogen) atoms. The minimum atomic E-state index is 0.626. The van der Waals surface area contributed by atoms with Crippen molar-refractivity contribution in [1.29, 1.82) is 0 Å². The van der Waals surface area contributed by atoms with Crippen molar-refractivity contribution in [2.24, 2.45) is 22.6 Å². The molecule has 4 nitrogen and oxygen atoms in total. The molecule has 1 aliphatic rings. The number of piperidine rings is 1. The summed E-state index contributed by atoms with van der Waals surface area (Å²) in [6, 6.07) is 0. The standard InChI is InChI=1S/C16H34N4/c1-4-5-9-18-16(17)19-13-15-7-11-20(12-8-15)10-6-14(2)3/h14-15H,4-13H2,1-3H3,(H3,17,18,19). The first-order valence-electron chi connectivity index (χ1n) is 8.38. The third kappa shape index (κ3) is 7.73. The highest BCUT2D eigenvalue weighted by atomic mass is 15.1. The van der Waals surface area contributed by atoms with E-state index in [1.54, 1.807) is 0 Å². The quantitative estimate of drug-likeness (QED) is 0.408. The Hall–Kier alpha value is -0.770. The van der Waals surface area contributed by atoms with E-state index < -0.39 is 0 Å². The van der Waals surface area contributed by atoms with Crippen LogP contribution in [0.5, 0.6) is 0 Å². The highest BCUT2D eigenvalue weighted by molar-refractivity contribution is 5.77. The number of rotatable bonds is 8. The molecule has 3 N–H and O–H groups in total. The number of hydrogen-bond donors (Lipinski definition) is 2. The average Bonchev–Trinajstić information content (AvgIpc) is 2.44. The van der Waals surface area contributed by atoms with Gasteiger partial charge < -0.3 is 16.0 Å². The fourth-order valence-corrected chi connectivity index (χ4v) is 2.51. The largest absolute Gasteiger partial charge is 0.370 e. The topological polar surface area (TPSA) is 53.6 Å². The molecule has 0 atom stereocenters. The molecule has 0 aromatic carbocycles. The lowest BCUT2D eigenvalue weighted by Crippen LogP contribution is -2.37. The number of nitrogens with one attached hydrogen (secondary N) is 1. The number of likely N-dealkylation sites (tertiary alicyclic amines) is 1. The second-order valence-corrected chi connectivity index (χ2v) is 6.47. The number of nitrogens with zero attached hydrogens (tertiary/aromatic N) is 2. The van der Waals surface area contributed by atoms with Gasteiger partial charge in [0.2, 0.25) is 0 Å². The van der Waals surface area contributed by atoms with E-state index in [4.69, 9.17) is 5.73 Å². The summed E-state index contributed by atoms with van der Waals surface area (Å²) < 4.78 is 0. The van der Waals surface area contributed by atoms with Gasteiger partial charge in [0.15, 0.2) is 5.96 Å². The minimum absolute atomic E-state index is 0.626. The van der Waals surface area contributed by atoms with E-state index in [1.807, 2.05) is 0 Å². The summed E-state index contributed by atoms with van der Waals surface area (Å²) in [5.41, 5.74) is 5.87. The maximum absolute atomic E-state index is 5.87. The van der Waals surface area contributed by atoms with E-state index in [1.165, 1.54) is 45.3 Å². The van der Waals surface area contributed by atoms with E-state index in [0.717, 1.165) is 31.3 Å². The van der Waals surface area contributed by atoms with Crippen LogP contribution in [0.15, 0.2) is 4.99 Å². The third-order valence-electron chi connectivity index (χ3n) is 4.09. The number of guanidine groups is 1. The summed E-state index contributed by atoms with van der Waals surface area (Å²) in [5.74, 6) is 2.16. The van der Waals surface area contributed by atoms with Crippen LogP contribution in [0, 0.1) is 11.8 Å². The molecule has 118 valence electrons. The molecule has 0 unspecified atom stereocenters. The third-order valence-corrected chi connectivity index (χ3v) is 4.09. The fourth-order valence-electron chi connectivity index (χ4n) is 2.51. The van der Waals surface area contributed by atoms with Crippen LogP contribution in [0.25, 0.3) is 0 Å². The SMILES string of the molecule is CCCCNC(N)=NCC1CCN(CCC(C)C)CC1. The van der Waals surface area contributed by atoms with Crippen molar-refractivity contribution < 1.29 is 0 Å². The van der Waals surface area contributed by atoms with Gasteiger partial charge in [-0.15, -0.1) is 0 Å². The van der Waals surface area contributed by atoms with Crippen molar-refractivity contribution in [2.45, 2.75) is 52.9 Å². The van der Waals surface area contributed by atoms with Crippen LogP contribution in [0.1, 0.15) is 52.9 Å². The van der Waals surface area contributed by atoms with E-state index >= 15 is 0 Å². The first kappa shape index (κ1) is 17.3. The van der Waals surface area contributed by atoms with Gasteiger partial charge in [0.1, 0.15) is 0 Å². The van der Waals surface area contributed by atoms with E-state index in [-0.39, 0.29) is 0 Å². The molecular weight excluding hydrogens is 248 g/mol. The molecule has 0 aromatic rings. The summed E-state index contributed by atoms with van der Waals surface area (Å²) >= 11 is 0. The van der Waals surface area contributed by atoms with E-state index in [9.17, 15) is 0 Å². The second-order valence-electron chi connectivity index (χ2n) is 6.47. The molecule has 0 aromatic heterocycles. The Morgan fingerprint density at radius 3 is 2.65 bits per heavy atom. The monoisotopic (exact) mass is 282 g/mol. The highest BCUT2D eigenvalue weighted by Gasteiger charge is 2.18. The predicted molar refractivity (Wildman–Crippen MR) is 88.0 cm³/mol. The zero-order valence-electron chi connectivity index (χ0n) is 13.7. The van der Waals surface area contributed by atoms with Gasteiger partial charge in [-0.3, -0.25) is 4.99 Å². The van der Waals surface area contributed by atoms with Crippen molar-refractivity contribution in [3.8, 4) is 0 Å². The van der Waals surface area contributed by atoms with Gasteiger partial charge in [0.25, 0.3) is 0 Å². The van der Waals surface area contributed by atoms with Crippen LogP contribution in [0.2, 0.25) is 0 Å². The Balaban J connectivity index is 2.13. The van der Waals surface area contributed by atoms with Crippen LogP contribution >= 0.6 is 0 Å². The predicted octanol–water partition coefficient (Wildman–Crippen LogP) is 2.45. The van der Waals surface area contributed by atoms with Crippen molar-refractivity contribution in [2.75, 3.05) is 32.7 Å². The Labute approximate surface area is 125 Å². The molecule has 1 rings (SSSR count). The van der Waals surface area contributed by atoms with Crippen LogP contribution < -0.4 is 11.1 Å². The van der Waals surface area contributed by atoms with Gasteiger partial charge >= 0.3 is 0 Å². The lowest BCUT2D eigenvalue weighted by atomic mass is 9.96. The smallest absolute Gasteiger partial charge is 0.188 e. The molecule has 0 aliphatic carbocycles. The molecule has 1 heterocycles. The number of nitrogens with two attached hydrogens (primary N) is 1. The van der Waals surface area contributed by atoms with E-state index in [2.05, 4.69) is 36.0 Å². The summed E-state index contributed by atoms with van der Waals surface area (Å²) in [5, 5.41) is 3.18. The van der Waals surface area contributed by atoms with Gasteiger partial charge in [-0.2, -0.15) is 0 Å². The van der Waals surface area contributed by atoms with Gasteiger partial charge in [-0.05, 0) is 57.2 Å². The van der Waals surface area contributed by atoms with E-state index in [0.29, 0.717) is 5.96 Å². The van der Waals surface area contributed by atoms with Crippen molar-refractivity contribution in [3.05, 3.63) is 0 Å². The molecular formula is C16H34N4. The normalized spacial score (nSPS) is 18.7. The average molecular weight is 282 g/mol.